The summed E-state index contributed by atoms with van der Waals surface area (Å²) in [5.41, 5.74) is 1.23. The third-order valence-corrected chi connectivity index (χ3v) is 4.06. The van der Waals surface area contributed by atoms with Crippen molar-refractivity contribution in [1.29, 1.82) is 5.26 Å². The van der Waals surface area contributed by atoms with Crippen molar-refractivity contribution in [2.24, 2.45) is 0 Å². The number of carbonyl (C=O) groups is 1. The molecule has 25 heavy (non-hydrogen) atoms. The van der Waals surface area contributed by atoms with Crippen molar-refractivity contribution in [3.63, 3.8) is 0 Å². The lowest BCUT2D eigenvalue weighted by atomic mass is 10.2. The normalized spacial score (nSPS) is 11.4. The zero-order valence-corrected chi connectivity index (χ0v) is 13.8. The monoisotopic (exact) mass is 357 g/mol. The first kappa shape index (κ1) is 18.2. The minimum Gasteiger partial charge on any atom is -0.360 e. The van der Waals surface area contributed by atoms with Gasteiger partial charge < -0.3 is 10.6 Å². The zero-order valence-electron chi connectivity index (χ0n) is 13.0. The van der Waals surface area contributed by atoms with Crippen molar-refractivity contribution in [1.82, 2.24) is 5.32 Å². The van der Waals surface area contributed by atoms with E-state index in [1.807, 2.05) is 30.3 Å². The van der Waals surface area contributed by atoms with Crippen LogP contribution in [-0.4, -0.2) is 18.9 Å². The lowest BCUT2D eigenvalue weighted by molar-refractivity contribution is -0.117. The Hall–Kier alpha value is -3.15. The maximum Gasteiger partial charge on any atom is 0.294 e. The highest BCUT2D eigenvalue weighted by atomic mass is 32.2. The smallest absolute Gasteiger partial charge is 0.294 e. The number of nitrogens with one attached hydrogen (secondary N) is 2. The Bertz CT molecular complexity index is 915. The number of carbonyl (C=O) groups excluding carboxylic acids is 1. The molecule has 0 atom stereocenters. The maximum absolute atomic E-state index is 12.0. The average Bonchev–Trinajstić information content (AvgIpc) is 2.61. The molecular weight excluding hydrogens is 342 g/mol. The van der Waals surface area contributed by atoms with E-state index < -0.39 is 16.0 Å². The lowest BCUT2D eigenvalue weighted by Crippen LogP contribution is -2.24. The van der Waals surface area contributed by atoms with Crippen LogP contribution in [0, 0.1) is 11.3 Å². The maximum atomic E-state index is 12.0. The van der Waals surface area contributed by atoms with Crippen LogP contribution in [0.25, 0.3) is 0 Å². The van der Waals surface area contributed by atoms with Gasteiger partial charge in [0.15, 0.2) is 0 Å². The summed E-state index contributed by atoms with van der Waals surface area (Å²) in [6.07, 6.45) is 1.22. The minimum absolute atomic E-state index is 0.130. The molecule has 0 aromatic heterocycles. The van der Waals surface area contributed by atoms with Crippen LogP contribution in [0.15, 0.2) is 71.3 Å². The highest BCUT2D eigenvalue weighted by Crippen LogP contribution is 2.14. The van der Waals surface area contributed by atoms with Gasteiger partial charge in [0.05, 0.1) is 4.90 Å². The second kappa shape index (κ2) is 8.10. The molecule has 0 spiro atoms. The van der Waals surface area contributed by atoms with Crippen LogP contribution in [0.3, 0.4) is 0 Å². The first-order chi connectivity index (χ1) is 11.9. The van der Waals surface area contributed by atoms with Crippen LogP contribution in [0.2, 0.25) is 0 Å². The Morgan fingerprint density at radius 2 is 1.76 bits per heavy atom. The molecule has 3 N–H and O–H groups in total. The highest BCUT2D eigenvalue weighted by Gasteiger charge is 2.10. The second-order valence-electron chi connectivity index (χ2n) is 4.98. The molecule has 0 heterocycles. The molecule has 2 aromatic rings. The van der Waals surface area contributed by atoms with Crippen LogP contribution in [0.5, 0.6) is 0 Å². The van der Waals surface area contributed by atoms with Gasteiger partial charge >= 0.3 is 0 Å². The standard InChI is InChI=1S/C17H15N3O4S/c18-10-14(17(21)20-11-13-4-2-1-3-5-13)12-19-15-6-8-16(9-7-15)25(22,23)24/h1-9,12,19H,11H2,(H,20,21)(H,22,23,24)/b14-12-. The summed E-state index contributed by atoms with van der Waals surface area (Å²) >= 11 is 0. The number of anilines is 1. The van der Waals surface area contributed by atoms with Gasteiger partial charge in [0.25, 0.3) is 16.0 Å². The van der Waals surface area contributed by atoms with Gasteiger partial charge in [-0.1, -0.05) is 30.3 Å². The second-order valence-corrected chi connectivity index (χ2v) is 6.40. The summed E-state index contributed by atoms with van der Waals surface area (Å²) in [7, 11) is -4.26. The molecule has 128 valence electrons. The van der Waals surface area contributed by atoms with Crippen molar-refractivity contribution in [3.05, 3.63) is 71.9 Å². The van der Waals surface area contributed by atoms with Gasteiger partial charge in [-0.15, -0.1) is 0 Å². The number of amides is 1. The lowest BCUT2D eigenvalue weighted by Gasteiger charge is -2.06. The van der Waals surface area contributed by atoms with Crippen LogP contribution in [0.1, 0.15) is 5.56 Å². The molecule has 2 rings (SSSR count). The van der Waals surface area contributed by atoms with E-state index in [1.54, 1.807) is 6.07 Å². The zero-order chi connectivity index (χ0) is 18.3. The molecule has 1 amide bonds. The predicted molar refractivity (Wildman–Crippen MR) is 91.9 cm³/mol. The number of rotatable bonds is 6. The van der Waals surface area contributed by atoms with Crippen molar-refractivity contribution in [3.8, 4) is 6.07 Å². The molecule has 0 bridgehead atoms. The fourth-order valence-corrected chi connectivity index (χ4v) is 2.38. The Morgan fingerprint density at radius 1 is 1.12 bits per heavy atom. The fraction of sp³-hybridized carbons (Fsp3) is 0.0588. The van der Waals surface area contributed by atoms with E-state index in [9.17, 15) is 13.2 Å². The summed E-state index contributed by atoms with van der Waals surface area (Å²) in [6, 6.07) is 16.3. The van der Waals surface area contributed by atoms with Crippen LogP contribution >= 0.6 is 0 Å². The van der Waals surface area contributed by atoms with Gasteiger partial charge in [-0.05, 0) is 29.8 Å². The van der Waals surface area contributed by atoms with E-state index in [-0.39, 0.29) is 10.5 Å². The molecule has 0 aliphatic carbocycles. The van der Waals surface area contributed by atoms with E-state index in [1.165, 1.54) is 30.5 Å². The van der Waals surface area contributed by atoms with E-state index in [4.69, 9.17) is 9.81 Å². The van der Waals surface area contributed by atoms with Crippen molar-refractivity contribution < 1.29 is 17.8 Å². The summed E-state index contributed by atoms with van der Waals surface area (Å²) < 4.78 is 30.8. The Kier molecular flexibility index (Phi) is 5.89. The molecule has 8 heteroatoms. The molecule has 7 nitrogen and oxygen atoms in total. The number of nitriles is 1. The number of hydrogen-bond acceptors (Lipinski definition) is 5. The van der Waals surface area contributed by atoms with E-state index >= 15 is 0 Å². The molecular formula is C17H15N3O4S. The molecule has 0 saturated heterocycles. The largest absolute Gasteiger partial charge is 0.360 e. The summed E-state index contributed by atoms with van der Waals surface area (Å²) in [4.78, 5) is 11.8. The van der Waals surface area contributed by atoms with Crippen LogP contribution in [0.4, 0.5) is 5.69 Å². The Labute approximate surface area is 145 Å². The topological polar surface area (TPSA) is 119 Å². The van der Waals surface area contributed by atoms with Gasteiger partial charge in [0, 0.05) is 18.4 Å². The number of nitrogens with zero attached hydrogens (tertiary/aromatic N) is 1. The molecule has 0 radical (unpaired) electrons. The van der Waals surface area contributed by atoms with E-state index in [0.29, 0.717) is 12.2 Å². The molecule has 0 aliphatic rings. The van der Waals surface area contributed by atoms with Crippen LogP contribution in [-0.2, 0) is 21.5 Å². The fourth-order valence-electron chi connectivity index (χ4n) is 1.90. The predicted octanol–water partition coefficient (Wildman–Crippen LogP) is 2.07. The summed E-state index contributed by atoms with van der Waals surface area (Å²) in [6.45, 7) is 0.293. The molecule has 0 unspecified atom stereocenters. The van der Waals surface area contributed by atoms with Crippen LogP contribution < -0.4 is 10.6 Å². The quantitative estimate of drug-likeness (QED) is 0.414. The average molecular weight is 357 g/mol. The Balaban J connectivity index is 2.00. The SMILES string of the molecule is N#C/C(=C/Nc1ccc(S(=O)(=O)O)cc1)C(=O)NCc1ccccc1. The molecule has 2 aromatic carbocycles. The van der Waals surface area contributed by atoms with Gasteiger partial charge in [-0.2, -0.15) is 13.7 Å². The molecule has 0 saturated carbocycles. The number of benzene rings is 2. The third-order valence-electron chi connectivity index (χ3n) is 3.20. The molecule has 0 fully saturated rings. The van der Waals surface area contributed by atoms with Crippen molar-refractivity contribution >= 4 is 21.7 Å². The van der Waals surface area contributed by atoms with E-state index in [2.05, 4.69) is 10.6 Å². The van der Waals surface area contributed by atoms with Crippen molar-refractivity contribution in [2.45, 2.75) is 11.4 Å². The first-order valence-electron chi connectivity index (χ1n) is 7.16. The Morgan fingerprint density at radius 3 is 2.32 bits per heavy atom. The highest BCUT2D eigenvalue weighted by molar-refractivity contribution is 7.85. The van der Waals surface area contributed by atoms with Gasteiger partial charge in [0.1, 0.15) is 11.6 Å². The van der Waals surface area contributed by atoms with Gasteiger partial charge in [-0.3, -0.25) is 9.35 Å². The summed E-state index contributed by atoms with van der Waals surface area (Å²) in [5, 5.41) is 14.5. The molecule has 0 aliphatic heterocycles. The first-order valence-corrected chi connectivity index (χ1v) is 8.60. The van der Waals surface area contributed by atoms with E-state index in [0.717, 1.165) is 5.56 Å². The van der Waals surface area contributed by atoms with Gasteiger partial charge in [0.2, 0.25) is 0 Å². The minimum atomic E-state index is -4.26. The summed E-state index contributed by atoms with van der Waals surface area (Å²) in [5.74, 6) is -0.534. The van der Waals surface area contributed by atoms with Gasteiger partial charge in [-0.25, -0.2) is 0 Å². The third kappa shape index (κ3) is 5.46. The number of hydrogen-bond donors (Lipinski definition) is 3. The van der Waals surface area contributed by atoms with Crippen molar-refractivity contribution in [2.75, 3.05) is 5.32 Å².